The molecule has 1 saturated carbocycles. The molecule has 1 aliphatic carbocycles. The molecule has 2 fully saturated rings. The molecule has 0 aromatic heterocycles. The second-order valence-corrected chi connectivity index (χ2v) is 9.06. The van der Waals surface area contributed by atoms with E-state index in [1.54, 1.807) is 6.92 Å². The summed E-state index contributed by atoms with van der Waals surface area (Å²) >= 11 is 0. The molecule has 1 heterocycles. The van der Waals surface area contributed by atoms with Gasteiger partial charge < -0.3 is 9.64 Å². The Morgan fingerprint density at radius 3 is 2.50 bits per heavy atom. The molecule has 2 aliphatic rings. The number of nitrogens with one attached hydrogen (secondary N) is 1. The predicted molar refractivity (Wildman–Crippen MR) is 99.3 cm³/mol. The van der Waals surface area contributed by atoms with Crippen LogP contribution in [0.15, 0.2) is 23.1 Å². The zero-order valence-electron chi connectivity index (χ0n) is 15.4. The summed E-state index contributed by atoms with van der Waals surface area (Å²) in [6.45, 7) is 4.60. The van der Waals surface area contributed by atoms with Crippen LogP contribution in [0.3, 0.4) is 0 Å². The second kappa shape index (κ2) is 8.67. The fourth-order valence-electron chi connectivity index (χ4n) is 4.02. The number of nitrogens with zero attached hydrogens (tertiary/aromatic N) is 1. The smallest absolute Gasteiger partial charge is 0.240 e. The number of ether oxygens (including phenoxy) is 1. The zero-order valence-corrected chi connectivity index (χ0v) is 16.2. The zero-order chi connectivity index (χ0) is 18.6. The number of hydrogen-bond acceptors (Lipinski definition) is 4. The Morgan fingerprint density at radius 1 is 1.19 bits per heavy atom. The molecule has 0 unspecified atom stereocenters. The average Bonchev–Trinajstić information content (AvgIpc) is 3.17. The largest absolute Gasteiger partial charge is 0.491 e. The SMILES string of the molecule is CCOc1ccc(S(=O)(=O)NCC2CCN(C3CCCC3)CC2)cc1F. The Labute approximate surface area is 156 Å². The van der Waals surface area contributed by atoms with Gasteiger partial charge in [-0.3, -0.25) is 0 Å². The summed E-state index contributed by atoms with van der Waals surface area (Å²) in [5.41, 5.74) is 0. The molecule has 1 N–H and O–H groups in total. The van der Waals surface area contributed by atoms with E-state index in [0.29, 0.717) is 19.1 Å². The molecule has 7 heteroatoms. The summed E-state index contributed by atoms with van der Waals surface area (Å²) in [5, 5.41) is 0. The Bertz CT molecular complexity index is 697. The maximum atomic E-state index is 13.9. The van der Waals surface area contributed by atoms with Gasteiger partial charge in [0.25, 0.3) is 0 Å². The minimum atomic E-state index is -3.70. The summed E-state index contributed by atoms with van der Waals surface area (Å²) in [4.78, 5) is 2.52. The summed E-state index contributed by atoms with van der Waals surface area (Å²) in [7, 11) is -3.70. The molecular formula is C19H29FN2O3S. The fourth-order valence-corrected chi connectivity index (χ4v) is 5.15. The van der Waals surface area contributed by atoms with Gasteiger partial charge in [-0.2, -0.15) is 0 Å². The number of piperidine rings is 1. The standard InChI is InChI=1S/C19H29FN2O3S/c1-2-25-19-8-7-17(13-18(19)20)26(23,24)21-14-15-9-11-22(12-10-15)16-5-3-4-6-16/h7-8,13,15-16,21H,2-6,9-12,14H2,1H3. The minimum Gasteiger partial charge on any atom is -0.491 e. The van der Waals surface area contributed by atoms with Gasteiger partial charge in [0, 0.05) is 12.6 Å². The van der Waals surface area contributed by atoms with Crippen LogP contribution in [0.25, 0.3) is 0 Å². The number of benzene rings is 1. The van der Waals surface area contributed by atoms with Gasteiger partial charge >= 0.3 is 0 Å². The van der Waals surface area contributed by atoms with Crippen LogP contribution >= 0.6 is 0 Å². The van der Waals surface area contributed by atoms with E-state index in [4.69, 9.17) is 4.74 Å². The quantitative estimate of drug-likeness (QED) is 0.785. The molecule has 0 spiro atoms. The summed E-state index contributed by atoms with van der Waals surface area (Å²) < 4.78 is 46.6. The van der Waals surface area contributed by atoms with E-state index >= 15 is 0 Å². The van der Waals surface area contributed by atoms with Gasteiger partial charge in [0.15, 0.2) is 11.6 Å². The highest BCUT2D eigenvalue weighted by molar-refractivity contribution is 7.89. The van der Waals surface area contributed by atoms with Crippen molar-refractivity contribution in [2.75, 3.05) is 26.2 Å². The molecule has 0 bridgehead atoms. The Kier molecular flexibility index (Phi) is 6.53. The lowest BCUT2D eigenvalue weighted by Gasteiger charge is -2.36. The third-order valence-electron chi connectivity index (χ3n) is 5.57. The van der Waals surface area contributed by atoms with Crippen LogP contribution in [0.1, 0.15) is 45.4 Å². The van der Waals surface area contributed by atoms with E-state index in [0.717, 1.165) is 38.0 Å². The van der Waals surface area contributed by atoms with Crippen molar-refractivity contribution in [3.8, 4) is 5.75 Å². The van der Waals surface area contributed by atoms with Crippen LogP contribution in [0.5, 0.6) is 5.75 Å². The van der Waals surface area contributed by atoms with Gasteiger partial charge in [-0.1, -0.05) is 12.8 Å². The van der Waals surface area contributed by atoms with Gasteiger partial charge in [0.2, 0.25) is 10.0 Å². The Balaban J connectivity index is 1.51. The predicted octanol–water partition coefficient (Wildman–Crippen LogP) is 3.16. The number of sulfonamides is 1. The van der Waals surface area contributed by atoms with Crippen molar-refractivity contribution < 1.29 is 17.5 Å². The highest BCUT2D eigenvalue weighted by atomic mass is 32.2. The summed E-state index contributed by atoms with van der Waals surface area (Å²) in [5.74, 6) is -0.236. The Hall–Kier alpha value is -1.18. The molecule has 146 valence electrons. The molecular weight excluding hydrogens is 355 g/mol. The lowest BCUT2D eigenvalue weighted by molar-refractivity contribution is 0.135. The molecule has 0 amide bonds. The van der Waals surface area contributed by atoms with Crippen molar-refractivity contribution in [3.05, 3.63) is 24.0 Å². The third kappa shape index (κ3) is 4.75. The normalized spacial score (nSPS) is 20.5. The van der Waals surface area contributed by atoms with E-state index in [9.17, 15) is 12.8 Å². The summed E-state index contributed by atoms with van der Waals surface area (Å²) in [6, 6.07) is 4.52. The van der Waals surface area contributed by atoms with E-state index in [-0.39, 0.29) is 10.6 Å². The summed E-state index contributed by atoms with van der Waals surface area (Å²) in [6.07, 6.45) is 7.31. The van der Waals surface area contributed by atoms with Crippen LogP contribution in [-0.4, -0.2) is 45.6 Å². The maximum Gasteiger partial charge on any atom is 0.240 e. The fraction of sp³-hybridized carbons (Fsp3) is 0.684. The highest BCUT2D eigenvalue weighted by Crippen LogP contribution is 2.28. The molecule has 1 aromatic carbocycles. The molecule has 5 nitrogen and oxygen atoms in total. The van der Waals surface area contributed by atoms with Crippen molar-refractivity contribution in [2.45, 2.75) is 56.4 Å². The molecule has 26 heavy (non-hydrogen) atoms. The monoisotopic (exact) mass is 384 g/mol. The lowest BCUT2D eigenvalue weighted by atomic mass is 9.96. The van der Waals surface area contributed by atoms with Crippen molar-refractivity contribution in [2.24, 2.45) is 5.92 Å². The molecule has 3 rings (SSSR count). The van der Waals surface area contributed by atoms with E-state index in [1.165, 1.54) is 37.8 Å². The van der Waals surface area contributed by atoms with Crippen LogP contribution in [0.2, 0.25) is 0 Å². The van der Waals surface area contributed by atoms with Crippen molar-refractivity contribution >= 4 is 10.0 Å². The number of halogens is 1. The maximum absolute atomic E-state index is 13.9. The van der Waals surface area contributed by atoms with Gasteiger partial charge in [-0.25, -0.2) is 17.5 Å². The number of rotatable bonds is 7. The Morgan fingerprint density at radius 2 is 1.88 bits per heavy atom. The van der Waals surface area contributed by atoms with Gasteiger partial charge in [0.1, 0.15) is 0 Å². The van der Waals surface area contributed by atoms with Crippen molar-refractivity contribution in [1.82, 2.24) is 9.62 Å². The molecule has 1 saturated heterocycles. The second-order valence-electron chi connectivity index (χ2n) is 7.29. The molecule has 0 radical (unpaired) electrons. The van der Waals surface area contributed by atoms with Crippen LogP contribution in [-0.2, 0) is 10.0 Å². The molecule has 1 aromatic rings. The third-order valence-corrected chi connectivity index (χ3v) is 6.99. The minimum absolute atomic E-state index is 0.0538. The average molecular weight is 385 g/mol. The first-order chi connectivity index (χ1) is 12.5. The van der Waals surface area contributed by atoms with E-state index < -0.39 is 15.8 Å². The first-order valence-electron chi connectivity index (χ1n) is 9.65. The van der Waals surface area contributed by atoms with E-state index in [2.05, 4.69) is 9.62 Å². The van der Waals surface area contributed by atoms with Gasteiger partial charge in [-0.05, 0) is 69.8 Å². The molecule has 1 aliphatic heterocycles. The van der Waals surface area contributed by atoms with E-state index in [1.807, 2.05) is 0 Å². The first-order valence-corrected chi connectivity index (χ1v) is 11.1. The van der Waals surface area contributed by atoms with Crippen LogP contribution < -0.4 is 9.46 Å². The van der Waals surface area contributed by atoms with Gasteiger partial charge in [-0.15, -0.1) is 0 Å². The number of hydrogen-bond donors (Lipinski definition) is 1. The molecule has 0 atom stereocenters. The first kappa shape index (κ1) is 19.6. The van der Waals surface area contributed by atoms with Crippen molar-refractivity contribution in [1.29, 1.82) is 0 Å². The van der Waals surface area contributed by atoms with Crippen LogP contribution in [0, 0.1) is 11.7 Å². The van der Waals surface area contributed by atoms with Crippen LogP contribution in [0.4, 0.5) is 4.39 Å². The van der Waals surface area contributed by atoms with Gasteiger partial charge in [0.05, 0.1) is 11.5 Å². The number of likely N-dealkylation sites (tertiary alicyclic amines) is 1. The topological polar surface area (TPSA) is 58.6 Å². The van der Waals surface area contributed by atoms with Crippen molar-refractivity contribution in [3.63, 3.8) is 0 Å². The highest BCUT2D eigenvalue weighted by Gasteiger charge is 2.28. The lowest BCUT2D eigenvalue weighted by Crippen LogP contribution is -2.42.